The molecule has 1 unspecified atom stereocenters. The molecule has 2 aromatic rings. The minimum atomic E-state index is -0.0991. The molecule has 1 aliphatic rings. The van der Waals surface area contributed by atoms with E-state index >= 15 is 0 Å². The van der Waals surface area contributed by atoms with Crippen molar-refractivity contribution < 1.29 is 4.79 Å². The molecule has 0 saturated heterocycles. The molecule has 1 aliphatic heterocycles. The minimum absolute atomic E-state index is 0.0230. The summed E-state index contributed by atoms with van der Waals surface area (Å²) in [4.78, 5) is 28.1. The van der Waals surface area contributed by atoms with Crippen molar-refractivity contribution in [1.29, 1.82) is 0 Å². The van der Waals surface area contributed by atoms with Crippen LogP contribution >= 0.6 is 11.8 Å². The molecule has 22 heavy (non-hydrogen) atoms. The first-order valence-electron chi connectivity index (χ1n) is 7.25. The largest absolute Gasteiger partial charge is 0.356 e. The number of thioether (sulfide) groups is 1. The van der Waals surface area contributed by atoms with Crippen LogP contribution in [0.25, 0.3) is 0 Å². The summed E-state index contributed by atoms with van der Waals surface area (Å²) in [5.41, 5.74) is 1.11. The number of rotatable bonds is 5. The van der Waals surface area contributed by atoms with Crippen LogP contribution in [0.3, 0.4) is 0 Å². The summed E-state index contributed by atoms with van der Waals surface area (Å²) >= 11 is 1.52. The number of fused-ring (bicyclic) bond motifs is 1. The second-order valence-electron chi connectivity index (χ2n) is 5.19. The Labute approximate surface area is 132 Å². The van der Waals surface area contributed by atoms with Gasteiger partial charge >= 0.3 is 0 Å². The summed E-state index contributed by atoms with van der Waals surface area (Å²) in [7, 11) is 0. The van der Waals surface area contributed by atoms with Crippen LogP contribution in [-0.2, 0) is 11.2 Å². The van der Waals surface area contributed by atoms with Crippen molar-refractivity contribution >= 4 is 17.7 Å². The Hall–Kier alpha value is -2.08. The zero-order valence-corrected chi connectivity index (χ0v) is 12.9. The quantitative estimate of drug-likeness (QED) is 0.852. The van der Waals surface area contributed by atoms with E-state index in [0.29, 0.717) is 18.1 Å². The van der Waals surface area contributed by atoms with Gasteiger partial charge in [-0.15, -0.1) is 0 Å². The van der Waals surface area contributed by atoms with E-state index in [2.05, 4.69) is 10.3 Å². The molecule has 5 nitrogen and oxygen atoms in total. The lowest BCUT2D eigenvalue weighted by molar-refractivity contribution is -0.121. The SMILES string of the molecule is O=C(CC1CSc2nccc(=O)n21)NCCc1ccccc1. The third-order valence-corrected chi connectivity index (χ3v) is 4.73. The molecule has 1 amide bonds. The van der Waals surface area contributed by atoms with Gasteiger partial charge in [-0.1, -0.05) is 42.1 Å². The zero-order chi connectivity index (χ0) is 15.4. The summed E-state index contributed by atoms with van der Waals surface area (Å²) < 4.78 is 1.63. The van der Waals surface area contributed by atoms with Crippen LogP contribution in [0.1, 0.15) is 18.0 Å². The normalized spacial score (nSPS) is 16.3. The maximum absolute atomic E-state index is 12.1. The van der Waals surface area contributed by atoms with Crippen LogP contribution in [0.2, 0.25) is 0 Å². The van der Waals surface area contributed by atoms with Crippen LogP contribution in [0.5, 0.6) is 0 Å². The van der Waals surface area contributed by atoms with Crippen molar-refractivity contribution in [3.05, 3.63) is 58.5 Å². The smallest absolute Gasteiger partial charge is 0.254 e. The molecule has 6 heteroatoms. The fraction of sp³-hybridized carbons (Fsp3) is 0.312. The molecule has 0 radical (unpaired) electrons. The molecule has 1 atom stereocenters. The number of nitrogens with zero attached hydrogens (tertiary/aromatic N) is 2. The van der Waals surface area contributed by atoms with Crippen molar-refractivity contribution in [3.8, 4) is 0 Å². The number of benzene rings is 1. The zero-order valence-electron chi connectivity index (χ0n) is 12.1. The van der Waals surface area contributed by atoms with Gasteiger partial charge in [0.2, 0.25) is 5.91 Å². The van der Waals surface area contributed by atoms with E-state index in [-0.39, 0.29) is 17.5 Å². The van der Waals surface area contributed by atoms with Crippen LogP contribution in [0.4, 0.5) is 0 Å². The average molecular weight is 315 g/mol. The Morgan fingerprint density at radius 2 is 2.14 bits per heavy atom. The number of aromatic nitrogens is 2. The molecule has 0 bridgehead atoms. The van der Waals surface area contributed by atoms with Gasteiger partial charge in [-0.2, -0.15) is 0 Å². The van der Waals surface area contributed by atoms with Crippen molar-refractivity contribution in [2.75, 3.05) is 12.3 Å². The molecule has 0 fully saturated rings. The Morgan fingerprint density at radius 1 is 1.32 bits per heavy atom. The number of hydrogen-bond acceptors (Lipinski definition) is 4. The van der Waals surface area contributed by atoms with Crippen molar-refractivity contribution in [2.45, 2.75) is 24.0 Å². The van der Waals surface area contributed by atoms with E-state index in [1.54, 1.807) is 4.57 Å². The highest BCUT2D eigenvalue weighted by Crippen LogP contribution is 2.31. The molecule has 1 aromatic carbocycles. The van der Waals surface area contributed by atoms with Crippen LogP contribution in [-0.4, -0.2) is 27.8 Å². The summed E-state index contributed by atoms with van der Waals surface area (Å²) in [6, 6.07) is 11.4. The number of carbonyl (C=O) groups excluding carboxylic acids is 1. The van der Waals surface area contributed by atoms with Gasteiger partial charge in [0.25, 0.3) is 5.56 Å². The van der Waals surface area contributed by atoms with Crippen molar-refractivity contribution in [2.24, 2.45) is 0 Å². The van der Waals surface area contributed by atoms with E-state index in [1.807, 2.05) is 30.3 Å². The van der Waals surface area contributed by atoms with E-state index < -0.39 is 0 Å². The molecule has 0 aliphatic carbocycles. The fourth-order valence-corrected chi connectivity index (χ4v) is 3.64. The van der Waals surface area contributed by atoms with Crippen molar-refractivity contribution in [3.63, 3.8) is 0 Å². The van der Waals surface area contributed by atoms with Gasteiger partial charge in [0.15, 0.2) is 5.16 Å². The molecule has 1 aromatic heterocycles. The van der Waals surface area contributed by atoms with Crippen LogP contribution < -0.4 is 10.9 Å². The molecule has 2 heterocycles. The molecule has 1 N–H and O–H groups in total. The van der Waals surface area contributed by atoms with E-state index in [0.717, 1.165) is 12.2 Å². The van der Waals surface area contributed by atoms with E-state index in [1.165, 1.54) is 29.6 Å². The third kappa shape index (κ3) is 3.39. The number of nitrogens with one attached hydrogen (secondary N) is 1. The number of hydrogen-bond donors (Lipinski definition) is 1. The molecule has 3 rings (SSSR count). The first kappa shape index (κ1) is 14.8. The van der Waals surface area contributed by atoms with Gasteiger partial charge in [0.05, 0.1) is 6.04 Å². The molecule has 0 saturated carbocycles. The lowest BCUT2D eigenvalue weighted by Gasteiger charge is -2.12. The summed E-state index contributed by atoms with van der Waals surface area (Å²) in [6.07, 6.45) is 2.65. The predicted molar refractivity (Wildman–Crippen MR) is 86.0 cm³/mol. The monoisotopic (exact) mass is 315 g/mol. The first-order chi connectivity index (χ1) is 10.7. The van der Waals surface area contributed by atoms with Gasteiger partial charge in [0.1, 0.15) is 0 Å². The maximum atomic E-state index is 12.1. The number of carbonyl (C=O) groups is 1. The topological polar surface area (TPSA) is 64.0 Å². The highest BCUT2D eigenvalue weighted by molar-refractivity contribution is 7.99. The average Bonchev–Trinajstić information content (AvgIpc) is 2.93. The highest BCUT2D eigenvalue weighted by atomic mass is 32.2. The van der Waals surface area contributed by atoms with Gasteiger partial charge in [-0.3, -0.25) is 14.2 Å². The van der Waals surface area contributed by atoms with E-state index in [4.69, 9.17) is 0 Å². The Kier molecular flexibility index (Phi) is 4.58. The highest BCUT2D eigenvalue weighted by Gasteiger charge is 2.26. The maximum Gasteiger partial charge on any atom is 0.254 e. The second-order valence-corrected chi connectivity index (χ2v) is 6.18. The molecule has 114 valence electrons. The fourth-order valence-electron chi connectivity index (χ4n) is 2.52. The number of amides is 1. The van der Waals surface area contributed by atoms with Crippen LogP contribution in [0.15, 0.2) is 52.5 Å². The Balaban J connectivity index is 1.52. The molecular weight excluding hydrogens is 298 g/mol. The molecular formula is C16H17N3O2S. The van der Waals surface area contributed by atoms with Gasteiger partial charge in [-0.25, -0.2) is 4.98 Å². The molecule has 0 spiro atoms. The van der Waals surface area contributed by atoms with E-state index in [9.17, 15) is 9.59 Å². The first-order valence-corrected chi connectivity index (χ1v) is 8.23. The van der Waals surface area contributed by atoms with Crippen LogP contribution in [0, 0.1) is 0 Å². The Bertz CT molecular complexity index is 715. The van der Waals surface area contributed by atoms with Crippen molar-refractivity contribution in [1.82, 2.24) is 14.9 Å². The minimum Gasteiger partial charge on any atom is -0.356 e. The summed E-state index contributed by atoms with van der Waals surface area (Å²) in [5, 5.41) is 3.63. The third-order valence-electron chi connectivity index (χ3n) is 3.62. The van der Waals surface area contributed by atoms with Gasteiger partial charge < -0.3 is 5.32 Å². The Morgan fingerprint density at radius 3 is 2.95 bits per heavy atom. The predicted octanol–water partition coefficient (Wildman–Crippen LogP) is 1.64. The second kappa shape index (κ2) is 6.79. The van der Waals surface area contributed by atoms with Gasteiger partial charge in [0, 0.05) is 31.0 Å². The standard InChI is InChI=1S/C16H17N3O2S/c20-14(17-8-6-12-4-2-1-3-5-12)10-13-11-22-16-18-9-7-15(21)19(13)16/h1-5,7,9,13H,6,8,10-11H2,(H,17,20). The lowest BCUT2D eigenvalue weighted by atomic mass is 10.1. The summed E-state index contributed by atoms with van der Waals surface area (Å²) in [6.45, 7) is 0.609. The van der Waals surface area contributed by atoms with Gasteiger partial charge in [-0.05, 0) is 12.0 Å². The summed E-state index contributed by atoms with van der Waals surface area (Å²) in [5.74, 6) is 0.698. The lowest BCUT2D eigenvalue weighted by Crippen LogP contribution is -2.31.